The lowest BCUT2D eigenvalue weighted by Gasteiger charge is -2.12. The van der Waals surface area contributed by atoms with Crippen LogP contribution in [0.5, 0.6) is 0 Å². The number of aromatic nitrogens is 1. The largest absolute Gasteiger partial charge is 0.468 e. The first-order chi connectivity index (χ1) is 13.2. The molecular weight excluding hydrogens is 405 g/mol. The quantitative estimate of drug-likeness (QED) is 0.465. The third-order valence-corrected chi connectivity index (χ3v) is 4.95. The van der Waals surface area contributed by atoms with Gasteiger partial charge in [-0.15, -0.1) is 0 Å². The van der Waals surface area contributed by atoms with E-state index < -0.39 is 24.5 Å². The number of hydrogen-bond donors (Lipinski definition) is 1. The fourth-order valence-electron chi connectivity index (χ4n) is 3.03. The van der Waals surface area contributed by atoms with E-state index in [2.05, 4.69) is 10.1 Å². The maximum Gasteiger partial charge on any atom is 0.329 e. The second-order valence-electron chi connectivity index (χ2n) is 6.21. The highest BCUT2D eigenvalue weighted by Crippen LogP contribution is 2.30. The number of carbonyl (C=O) groups is 3. The second kappa shape index (κ2) is 7.69. The number of halogens is 2. The zero-order chi connectivity index (χ0) is 20.6. The monoisotopic (exact) mass is 421 g/mol. The summed E-state index contributed by atoms with van der Waals surface area (Å²) in [7, 11) is 1.19. The molecule has 1 aliphatic rings. The summed E-state index contributed by atoms with van der Waals surface area (Å²) >= 11 is 12.4. The van der Waals surface area contributed by atoms with Crippen molar-refractivity contribution in [1.29, 1.82) is 0 Å². The standard InChI is InChI=1S/C19H17Cl2N3O4/c1-10-6-12(11(2)24(10)16-8-13(20)4-5-14(16)21)7-15-18(26)23(19(27)22-15)9-17(25)28-3/h4-8H,9H2,1-3H3,(H,22,27)/b15-7+. The number of aryl methyl sites for hydroxylation is 1. The van der Waals surface area contributed by atoms with Gasteiger partial charge in [0.15, 0.2) is 0 Å². The summed E-state index contributed by atoms with van der Waals surface area (Å²) in [6.45, 7) is 3.31. The maximum absolute atomic E-state index is 12.5. The van der Waals surface area contributed by atoms with Crippen LogP contribution in [0, 0.1) is 13.8 Å². The first kappa shape index (κ1) is 20.0. The van der Waals surface area contributed by atoms with Crippen molar-refractivity contribution in [3.8, 4) is 5.69 Å². The molecule has 0 saturated carbocycles. The van der Waals surface area contributed by atoms with Crippen molar-refractivity contribution in [1.82, 2.24) is 14.8 Å². The van der Waals surface area contributed by atoms with Crippen molar-refractivity contribution in [2.24, 2.45) is 0 Å². The normalized spacial score (nSPS) is 15.3. The van der Waals surface area contributed by atoms with Crippen LogP contribution in [0.1, 0.15) is 17.0 Å². The van der Waals surface area contributed by atoms with Gasteiger partial charge in [-0.1, -0.05) is 23.2 Å². The van der Waals surface area contributed by atoms with Crippen LogP contribution in [-0.4, -0.2) is 41.0 Å². The van der Waals surface area contributed by atoms with E-state index in [1.165, 1.54) is 7.11 Å². The van der Waals surface area contributed by atoms with Crippen molar-refractivity contribution in [2.45, 2.75) is 13.8 Å². The second-order valence-corrected chi connectivity index (χ2v) is 7.06. The first-order valence-corrected chi connectivity index (χ1v) is 9.04. The Morgan fingerprint density at radius 2 is 1.93 bits per heavy atom. The van der Waals surface area contributed by atoms with Crippen molar-refractivity contribution in [2.75, 3.05) is 13.7 Å². The van der Waals surface area contributed by atoms with Gasteiger partial charge in [-0.05, 0) is 49.8 Å². The number of hydrogen-bond acceptors (Lipinski definition) is 4. The number of benzene rings is 1. The summed E-state index contributed by atoms with van der Waals surface area (Å²) in [5, 5.41) is 3.55. The van der Waals surface area contributed by atoms with Gasteiger partial charge in [0.05, 0.1) is 17.8 Å². The minimum atomic E-state index is -0.682. The van der Waals surface area contributed by atoms with Gasteiger partial charge >= 0.3 is 12.0 Å². The molecule has 0 unspecified atom stereocenters. The van der Waals surface area contributed by atoms with Crippen LogP contribution in [-0.2, 0) is 14.3 Å². The van der Waals surface area contributed by atoms with Crippen LogP contribution in [0.15, 0.2) is 30.0 Å². The summed E-state index contributed by atoms with van der Waals surface area (Å²) in [5.74, 6) is -1.28. The fraction of sp³-hybridized carbons (Fsp3) is 0.211. The smallest absolute Gasteiger partial charge is 0.329 e. The molecule has 1 aliphatic heterocycles. The Balaban J connectivity index is 1.98. The topological polar surface area (TPSA) is 80.6 Å². The molecule has 2 heterocycles. The van der Waals surface area contributed by atoms with Gasteiger partial charge in [-0.2, -0.15) is 0 Å². The predicted molar refractivity (Wildman–Crippen MR) is 106 cm³/mol. The number of esters is 1. The van der Waals surface area contributed by atoms with Gasteiger partial charge in [0, 0.05) is 16.4 Å². The highest BCUT2D eigenvalue weighted by Gasteiger charge is 2.35. The van der Waals surface area contributed by atoms with Crippen LogP contribution < -0.4 is 5.32 Å². The molecule has 7 nitrogen and oxygen atoms in total. The summed E-state index contributed by atoms with van der Waals surface area (Å²) in [6, 6.07) is 6.35. The average molecular weight is 422 g/mol. The van der Waals surface area contributed by atoms with E-state index in [0.29, 0.717) is 15.7 Å². The van der Waals surface area contributed by atoms with Gasteiger partial charge in [0.2, 0.25) is 0 Å². The van der Waals surface area contributed by atoms with Crippen LogP contribution in [0.25, 0.3) is 11.8 Å². The minimum absolute atomic E-state index is 0.0753. The van der Waals surface area contributed by atoms with Crippen molar-refractivity contribution in [3.05, 3.63) is 57.0 Å². The molecule has 3 amide bonds. The number of nitrogens with one attached hydrogen (secondary N) is 1. The lowest BCUT2D eigenvalue weighted by molar-refractivity contribution is -0.143. The summed E-state index contributed by atoms with van der Waals surface area (Å²) in [4.78, 5) is 36.7. The van der Waals surface area contributed by atoms with Crippen molar-refractivity contribution in [3.63, 3.8) is 0 Å². The molecule has 9 heteroatoms. The van der Waals surface area contributed by atoms with E-state index in [4.69, 9.17) is 23.2 Å². The molecule has 1 fully saturated rings. The van der Waals surface area contributed by atoms with Crippen LogP contribution >= 0.6 is 23.2 Å². The molecule has 0 bridgehead atoms. The predicted octanol–water partition coefficient (Wildman–Crippen LogP) is 3.47. The zero-order valence-corrected chi connectivity index (χ0v) is 16.9. The molecule has 0 radical (unpaired) electrons. The summed E-state index contributed by atoms with van der Waals surface area (Å²) in [6.07, 6.45) is 1.56. The van der Waals surface area contributed by atoms with E-state index >= 15 is 0 Å². The number of amides is 3. The lowest BCUT2D eigenvalue weighted by Crippen LogP contribution is -2.36. The minimum Gasteiger partial charge on any atom is -0.468 e. The molecule has 0 spiro atoms. The van der Waals surface area contributed by atoms with E-state index in [1.54, 1.807) is 24.3 Å². The van der Waals surface area contributed by atoms with E-state index in [-0.39, 0.29) is 5.70 Å². The fourth-order valence-corrected chi connectivity index (χ4v) is 3.39. The Bertz CT molecular complexity index is 1030. The number of rotatable bonds is 4. The van der Waals surface area contributed by atoms with Crippen LogP contribution in [0.2, 0.25) is 10.0 Å². The molecule has 0 atom stereocenters. The Kier molecular flexibility index (Phi) is 5.49. The number of methoxy groups -OCH3 is 1. The highest BCUT2D eigenvalue weighted by molar-refractivity contribution is 6.34. The SMILES string of the molecule is COC(=O)CN1C(=O)N/C(=C/c2cc(C)n(-c3cc(Cl)ccc3Cl)c2C)C1=O. The number of ether oxygens (including phenoxy) is 1. The summed E-state index contributed by atoms with van der Waals surface area (Å²) in [5.41, 5.74) is 3.19. The highest BCUT2D eigenvalue weighted by atomic mass is 35.5. The third kappa shape index (κ3) is 3.63. The number of imide groups is 1. The number of urea groups is 1. The molecule has 0 aliphatic carbocycles. The van der Waals surface area contributed by atoms with Gasteiger partial charge < -0.3 is 14.6 Å². The van der Waals surface area contributed by atoms with Crippen molar-refractivity contribution < 1.29 is 19.1 Å². The molecule has 2 aromatic rings. The average Bonchev–Trinajstić information content (AvgIpc) is 3.07. The van der Waals surface area contributed by atoms with Crippen molar-refractivity contribution >= 4 is 47.2 Å². The molecule has 146 valence electrons. The Morgan fingerprint density at radius 1 is 1.21 bits per heavy atom. The van der Waals surface area contributed by atoms with Crippen LogP contribution in [0.3, 0.4) is 0 Å². The number of carbonyl (C=O) groups excluding carboxylic acids is 3. The van der Waals surface area contributed by atoms with E-state index in [9.17, 15) is 14.4 Å². The molecule has 1 N–H and O–H groups in total. The molecule has 3 rings (SSSR count). The Labute approximate surface area is 171 Å². The molecular formula is C19H17Cl2N3O4. The zero-order valence-electron chi connectivity index (χ0n) is 15.4. The lowest BCUT2D eigenvalue weighted by atomic mass is 10.2. The number of nitrogens with zero attached hydrogens (tertiary/aromatic N) is 2. The molecule has 1 aromatic heterocycles. The maximum atomic E-state index is 12.5. The first-order valence-electron chi connectivity index (χ1n) is 8.28. The third-order valence-electron chi connectivity index (χ3n) is 4.40. The van der Waals surface area contributed by atoms with Gasteiger partial charge in [0.25, 0.3) is 5.91 Å². The molecule has 1 saturated heterocycles. The molecule has 1 aromatic carbocycles. The van der Waals surface area contributed by atoms with E-state index in [1.807, 2.05) is 24.5 Å². The molecule has 28 heavy (non-hydrogen) atoms. The van der Waals surface area contributed by atoms with Gasteiger partial charge in [0.1, 0.15) is 12.2 Å². The summed E-state index contributed by atoms with van der Waals surface area (Å²) < 4.78 is 6.42. The van der Waals surface area contributed by atoms with Gasteiger partial charge in [-0.25, -0.2) is 9.69 Å². The van der Waals surface area contributed by atoms with Gasteiger partial charge in [-0.3, -0.25) is 9.59 Å². The van der Waals surface area contributed by atoms with E-state index in [0.717, 1.165) is 21.9 Å². The Hall–Kier alpha value is -2.77. The Morgan fingerprint density at radius 3 is 2.61 bits per heavy atom. The van der Waals surface area contributed by atoms with Crippen LogP contribution in [0.4, 0.5) is 4.79 Å².